The fourth-order valence-electron chi connectivity index (χ4n) is 2.56. The van der Waals surface area contributed by atoms with Crippen molar-refractivity contribution in [1.82, 2.24) is 14.5 Å². The summed E-state index contributed by atoms with van der Waals surface area (Å²) >= 11 is 3.07. The van der Waals surface area contributed by atoms with Gasteiger partial charge in [-0.1, -0.05) is 18.2 Å². The van der Waals surface area contributed by atoms with Gasteiger partial charge in [0.05, 0.1) is 16.8 Å². The van der Waals surface area contributed by atoms with Gasteiger partial charge in [-0.2, -0.15) is 0 Å². The Morgan fingerprint density at radius 1 is 1.25 bits per heavy atom. The van der Waals surface area contributed by atoms with Gasteiger partial charge in [-0.3, -0.25) is 9.36 Å². The molecule has 0 unspecified atom stereocenters. The quantitative estimate of drug-likeness (QED) is 0.504. The lowest BCUT2D eigenvalue weighted by Crippen LogP contribution is -2.22. The Morgan fingerprint density at radius 2 is 2.11 bits per heavy atom. The van der Waals surface area contributed by atoms with Gasteiger partial charge in [0, 0.05) is 5.38 Å². The van der Waals surface area contributed by atoms with E-state index in [-0.39, 0.29) is 12.4 Å². The van der Waals surface area contributed by atoms with Crippen molar-refractivity contribution >= 4 is 34.4 Å². The van der Waals surface area contributed by atoms with Crippen LogP contribution in [0.1, 0.15) is 5.82 Å². The predicted octanol–water partition coefficient (Wildman–Crippen LogP) is 4.52. The molecule has 0 bridgehead atoms. The first-order chi connectivity index (χ1) is 13.6. The van der Waals surface area contributed by atoms with E-state index in [2.05, 4.69) is 15.3 Å². The number of para-hydroxylation sites is 1. The summed E-state index contributed by atoms with van der Waals surface area (Å²) in [4.78, 5) is 22.3. The van der Waals surface area contributed by atoms with Crippen LogP contribution in [0.25, 0.3) is 15.7 Å². The first-order valence-electron chi connectivity index (χ1n) is 8.33. The number of rotatable bonds is 6. The van der Waals surface area contributed by atoms with E-state index < -0.39 is 11.7 Å². The maximum Gasteiger partial charge on any atom is 0.263 e. The number of nitrogens with zero attached hydrogens (tertiary/aromatic N) is 3. The molecule has 28 heavy (non-hydrogen) atoms. The lowest BCUT2D eigenvalue weighted by Gasteiger charge is -2.10. The van der Waals surface area contributed by atoms with Gasteiger partial charge in [0.15, 0.2) is 23.3 Å². The Hall–Kier alpha value is -3.04. The number of nitrogens with one attached hydrogen (secondary N) is 1. The van der Waals surface area contributed by atoms with E-state index in [1.54, 1.807) is 34.2 Å². The molecule has 1 aromatic carbocycles. The number of ether oxygens (including phenoxy) is 1. The molecule has 0 aliphatic carbocycles. The van der Waals surface area contributed by atoms with Crippen LogP contribution in [0.4, 0.5) is 10.2 Å². The minimum atomic E-state index is -0.514. The zero-order chi connectivity index (χ0) is 19.5. The van der Waals surface area contributed by atoms with Crippen LogP contribution in [-0.2, 0) is 4.79 Å². The van der Waals surface area contributed by atoms with Crippen LogP contribution < -0.4 is 10.1 Å². The molecule has 9 heteroatoms. The molecule has 0 saturated carbocycles. The van der Waals surface area contributed by atoms with E-state index in [0.29, 0.717) is 16.8 Å². The fourth-order valence-corrected chi connectivity index (χ4v) is 4.21. The fraction of sp³-hybridized carbons (Fsp3) is 0.105. The first-order valence-corrected chi connectivity index (χ1v) is 10.1. The van der Waals surface area contributed by atoms with Gasteiger partial charge in [0.25, 0.3) is 5.91 Å². The summed E-state index contributed by atoms with van der Waals surface area (Å²) in [6, 6.07) is 9.93. The number of thiophene rings is 1. The van der Waals surface area contributed by atoms with Gasteiger partial charge < -0.3 is 10.1 Å². The molecular weight excluding hydrogens is 399 g/mol. The number of hydrogen-bond donors (Lipinski definition) is 1. The van der Waals surface area contributed by atoms with Crippen LogP contribution in [0.15, 0.2) is 53.4 Å². The molecule has 3 heterocycles. The highest BCUT2D eigenvalue weighted by Crippen LogP contribution is 2.29. The third kappa shape index (κ3) is 3.80. The molecule has 1 amide bonds. The number of aryl methyl sites for hydroxylation is 1. The molecular formula is C19H15FN4O2S2. The van der Waals surface area contributed by atoms with E-state index in [1.807, 2.05) is 29.8 Å². The molecule has 1 N–H and O–H groups in total. The Morgan fingerprint density at radius 3 is 2.89 bits per heavy atom. The topological polar surface area (TPSA) is 69.0 Å². The third-order valence-electron chi connectivity index (χ3n) is 3.86. The molecule has 142 valence electrons. The van der Waals surface area contributed by atoms with Crippen molar-refractivity contribution in [2.24, 2.45) is 0 Å². The largest absolute Gasteiger partial charge is 0.481 e. The maximum atomic E-state index is 13.6. The van der Waals surface area contributed by atoms with Crippen molar-refractivity contribution in [2.75, 3.05) is 11.9 Å². The van der Waals surface area contributed by atoms with Crippen molar-refractivity contribution in [1.29, 1.82) is 0 Å². The van der Waals surface area contributed by atoms with Gasteiger partial charge >= 0.3 is 0 Å². The highest BCUT2D eigenvalue weighted by atomic mass is 32.1. The zero-order valence-electron chi connectivity index (χ0n) is 14.8. The van der Waals surface area contributed by atoms with E-state index >= 15 is 0 Å². The van der Waals surface area contributed by atoms with E-state index in [0.717, 1.165) is 10.6 Å². The number of imidazole rings is 1. The van der Waals surface area contributed by atoms with Crippen molar-refractivity contribution in [2.45, 2.75) is 6.92 Å². The van der Waals surface area contributed by atoms with Crippen LogP contribution in [0.2, 0.25) is 0 Å². The second kappa shape index (κ2) is 7.91. The molecule has 0 aliphatic rings. The average Bonchev–Trinajstić information content (AvgIpc) is 3.42. The average molecular weight is 414 g/mol. The van der Waals surface area contributed by atoms with Crippen LogP contribution in [-0.4, -0.2) is 27.0 Å². The monoisotopic (exact) mass is 414 g/mol. The predicted molar refractivity (Wildman–Crippen MR) is 108 cm³/mol. The summed E-state index contributed by atoms with van der Waals surface area (Å²) in [7, 11) is 0. The molecule has 0 radical (unpaired) electrons. The van der Waals surface area contributed by atoms with E-state index in [9.17, 15) is 9.18 Å². The summed E-state index contributed by atoms with van der Waals surface area (Å²) in [6.07, 6.45) is 1.56. The van der Waals surface area contributed by atoms with Crippen molar-refractivity contribution < 1.29 is 13.9 Å². The van der Waals surface area contributed by atoms with Crippen molar-refractivity contribution in [3.05, 3.63) is 65.0 Å². The molecule has 4 aromatic rings. The molecule has 0 spiro atoms. The van der Waals surface area contributed by atoms with Gasteiger partial charge in [0.2, 0.25) is 0 Å². The smallest absolute Gasteiger partial charge is 0.263 e. The number of thiazole rings is 1. The van der Waals surface area contributed by atoms with E-state index in [4.69, 9.17) is 4.74 Å². The van der Waals surface area contributed by atoms with Crippen LogP contribution in [0.5, 0.6) is 5.75 Å². The number of benzene rings is 1. The highest BCUT2D eigenvalue weighted by Gasteiger charge is 2.16. The van der Waals surface area contributed by atoms with Crippen LogP contribution >= 0.6 is 22.7 Å². The van der Waals surface area contributed by atoms with Gasteiger partial charge in [-0.25, -0.2) is 14.4 Å². The van der Waals surface area contributed by atoms with Crippen molar-refractivity contribution in [3.63, 3.8) is 0 Å². The lowest BCUT2D eigenvalue weighted by atomic mass is 10.3. The third-order valence-corrected chi connectivity index (χ3v) is 5.58. The Balaban J connectivity index is 1.49. The molecule has 0 atom stereocenters. The molecule has 0 aliphatic heterocycles. The SMILES string of the molecule is Cc1ncc(NC(=O)COc2ccccc2F)n1-c1nc(-c2cccs2)cs1. The summed E-state index contributed by atoms with van der Waals surface area (Å²) in [5, 5.41) is 7.41. The van der Waals surface area contributed by atoms with Gasteiger partial charge in [-0.05, 0) is 30.5 Å². The molecule has 0 saturated heterocycles. The van der Waals surface area contributed by atoms with Crippen LogP contribution in [0, 0.1) is 12.7 Å². The summed E-state index contributed by atoms with van der Waals surface area (Å²) in [5.41, 5.74) is 0.878. The number of amides is 1. The summed E-state index contributed by atoms with van der Waals surface area (Å²) < 4.78 is 20.6. The van der Waals surface area contributed by atoms with Crippen LogP contribution in [0.3, 0.4) is 0 Å². The van der Waals surface area contributed by atoms with Gasteiger partial charge in [-0.15, -0.1) is 22.7 Å². The summed E-state index contributed by atoms with van der Waals surface area (Å²) in [5.74, 6) is 0.270. The Labute approximate surface area is 168 Å². The second-order valence-electron chi connectivity index (χ2n) is 5.79. The zero-order valence-corrected chi connectivity index (χ0v) is 16.4. The number of hydrogen-bond acceptors (Lipinski definition) is 6. The molecule has 4 rings (SSSR count). The number of carbonyl (C=O) groups is 1. The minimum Gasteiger partial charge on any atom is -0.481 e. The first kappa shape index (κ1) is 18.3. The Kier molecular flexibility index (Phi) is 5.18. The number of carbonyl (C=O) groups excluding carboxylic acids is 1. The summed E-state index contributed by atoms with van der Waals surface area (Å²) in [6.45, 7) is 1.52. The number of anilines is 1. The Bertz CT molecular complexity index is 1110. The van der Waals surface area contributed by atoms with E-state index in [1.165, 1.54) is 23.5 Å². The van der Waals surface area contributed by atoms with Gasteiger partial charge in [0.1, 0.15) is 11.6 Å². The molecule has 6 nitrogen and oxygen atoms in total. The minimum absolute atomic E-state index is 0.0304. The second-order valence-corrected chi connectivity index (χ2v) is 7.57. The normalized spacial score (nSPS) is 10.8. The molecule has 0 fully saturated rings. The standard InChI is InChI=1S/C19H15FN4O2S2/c1-12-21-9-17(23-18(25)10-26-15-6-3-2-5-13(15)20)24(12)19-22-14(11-28-19)16-7-4-8-27-16/h2-9,11H,10H2,1H3,(H,23,25). The molecule has 3 aromatic heterocycles. The number of halogens is 1. The maximum absolute atomic E-state index is 13.6. The van der Waals surface area contributed by atoms with Crippen molar-refractivity contribution in [3.8, 4) is 21.5 Å². The highest BCUT2D eigenvalue weighted by molar-refractivity contribution is 7.15. The lowest BCUT2D eigenvalue weighted by molar-refractivity contribution is -0.118. The number of aromatic nitrogens is 3.